The van der Waals surface area contributed by atoms with E-state index in [-0.39, 0.29) is 12.0 Å². The Morgan fingerprint density at radius 1 is 1.00 bits per heavy atom. The summed E-state index contributed by atoms with van der Waals surface area (Å²) in [6, 6.07) is 14.1. The van der Waals surface area contributed by atoms with E-state index in [1.165, 1.54) is 24.4 Å². The summed E-state index contributed by atoms with van der Waals surface area (Å²) in [7, 11) is 0. The van der Waals surface area contributed by atoms with Gasteiger partial charge in [0.25, 0.3) is 0 Å². The van der Waals surface area contributed by atoms with E-state index in [0.717, 1.165) is 33.1 Å². The lowest BCUT2D eigenvalue weighted by Gasteiger charge is -2.59. The fourth-order valence-corrected chi connectivity index (χ4v) is 8.36. The molecule has 10 nitrogen and oxygen atoms in total. The quantitative estimate of drug-likeness (QED) is 0.0933. The molecule has 6 unspecified atom stereocenters. The van der Waals surface area contributed by atoms with Crippen LogP contribution in [-0.4, -0.2) is 77.7 Å². The van der Waals surface area contributed by atoms with Crippen LogP contribution in [0.4, 0.5) is 5.13 Å². The number of aliphatic hydroxyl groups excluding tert-OH is 4. The average Bonchev–Trinajstić information content (AvgIpc) is 3.46. The number of benzene rings is 2. The zero-order valence-electron chi connectivity index (χ0n) is 26.9. The second kappa shape index (κ2) is 12.6. The van der Waals surface area contributed by atoms with Crippen molar-refractivity contribution in [1.29, 1.82) is 0 Å². The van der Waals surface area contributed by atoms with Crippen LogP contribution in [0.15, 0.2) is 42.5 Å². The van der Waals surface area contributed by atoms with Gasteiger partial charge in [0.15, 0.2) is 23.3 Å². The molecule has 1 heterocycles. The van der Waals surface area contributed by atoms with Crippen molar-refractivity contribution in [2.24, 2.45) is 5.92 Å². The van der Waals surface area contributed by atoms with Crippen molar-refractivity contribution in [2.45, 2.75) is 111 Å². The molecule has 0 aliphatic heterocycles. The van der Waals surface area contributed by atoms with Gasteiger partial charge in [0.2, 0.25) is 12.5 Å². The molecule has 0 amide bonds. The van der Waals surface area contributed by atoms with Crippen LogP contribution in [0, 0.1) is 5.92 Å². The number of quaternary nitrogens is 1. The first kappa shape index (κ1) is 33.5. The molecule has 0 fully saturated rings. The second-order valence-electron chi connectivity index (χ2n) is 12.8. The molecule has 1 aliphatic carbocycles. The van der Waals surface area contributed by atoms with Gasteiger partial charge in [-0.3, -0.25) is 5.32 Å². The van der Waals surface area contributed by atoms with E-state index < -0.39 is 40.7 Å². The van der Waals surface area contributed by atoms with Crippen LogP contribution in [-0.2, 0) is 6.42 Å². The number of hydrogen-bond acceptors (Lipinski definition) is 10. The van der Waals surface area contributed by atoms with Gasteiger partial charge in [0, 0.05) is 45.2 Å². The van der Waals surface area contributed by atoms with Crippen molar-refractivity contribution >= 4 is 26.7 Å². The van der Waals surface area contributed by atoms with Gasteiger partial charge in [0.05, 0.1) is 16.8 Å². The van der Waals surface area contributed by atoms with E-state index >= 15 is 0 Å². The van der Waals surface area contributed by atoms with Crippen LogP contribution in [0.1, 0.15) is 79.5 Å². The van der Waals surface area contributed by atoms with Crippen molar-refractivity contribution in [3.05, 3.63) is 53.6 Å². The maximum Gasteiger partial charge on any atom is 0.209 e. The zero-order chi connectivity index (χ0) is 31.9. The van der Waals surface area contributed by atoms with Crippen LogP contribution >= 0.6 is 11.3 Å². The van der Waals surface area contributed by atoms with Crippen LogP contribution in [0.3, 0.4) is 0 Å². The third kappa shape index (κ3) is 6.14. The fraction of sp³-hybridized carbons (Fsp3) is 0.594. The Labute approximate surface area is 259 Å². The summed E-state index contributed by atoms with van der Waals surface area (Å²) in [6.45, 7) is 16.9. The molecule has 43 heavy (non-hydrogen) atoms. The predicted molar refractivity (Wildman–Crippen MR) is 171 cm³/mol. The molecule has 3 aromatic rings. The molecule has 11 heteroatoms. The standard InChI is InChI=1S/C32H50N5O5S/c1-10-42-24-15-16-27-28(18-24)43-30(33-27)35-31(6,7)26-17-23-13-11-12-14-25(23)29(26)34-32(8,9)37(21(4)40,22(5)41)36(19(2)38)20(3)39/h11-16,18-22,26,29,34,38-41H,10,17H2,1-9H3,(H,33,35)/q+1. The number of thiazole rings is 1. The number of ether oxygens (including phenoxy) is 1. The Balaban J connectivity index is 1.74. The molecule has 1 aromatic heterocycles. The number of aromatic nitrogens is 1. The number of anilines is 1. The van der Waals surface area contributed by atoms with Crippen molar-refractivity contribution in [3.8, 4) is 5.75 Å². The number of nitrogens with one attached hydrogen (secondary N) is 2. The molecule has 6 atom stereocenters. The largest absolute Gasteiger partial charge is 0.494 e. The van der Waals surface area contributed by atoms with Crippen molar-refractivity contribution < 1.29 is 29.8 Å². The minimum absolute atomic E-state index is 0.0339. The van der Waals surface area contributed by atoms with E-state index in [2.05, 4.69) is 36.6 Å². The third-order valence-electron chi connectivity index (χ3n) is 8.95. The summed E-state index contributed by atoms with van der Waals surface area (Å²) in [5, 5.41) is 54.0. The Bertz CT molecular complexity index is 1370. The van der Waals surface area contributed by atoms with E-state index in [4.69, 9.17) is 9.72 Å². The molecule has 0 saturated carbocycles. The molecule has 0 bridgehead atoms. The highest BCUT2D eigenvalue weighted by Gasteiger charge is 2.60. The normalized spacial score (nSPS) is 21.7. The third-order valence-corrected chi connectivity index (χ3v) is 9.88. The van der Waals surface area contributed by atoms with Crippen LogP contribution < -0.4 is 15.4 Å². The Morgan fingerprint density at radius 3 is 2.21 bits per heavy atom. The van der Waals surface area contributed by atoms with Gasteiger partial charge in [0.1, 0.15) is 5.75 Å². The van der Waals surface area contributed by atoms with Crippen LogP contribution in [0.25, 0.3) is 10.2 Å². The number of aliphatic hydroxyl groups is 4. The molecule has 4 rings (SSSR count). The zero-order valence-corrected chi connectivity index (χ0v) is 27.7. The Kier molecular flexibility index (Phi) is 9.80. The minimum atomic E-state index is -1.18. The molecule has 2 aromatic carbocycles. The molecular weight excluding hydrogens is 566 g/mol. The maximum atomic E-state index is 11.3. The van der Waals surface area contributed by atoms with Crippen molar-refractivity contribution in [1.82, 2.24) is 15.3 Å². The van der Waals surface area contributed by atoms with Gasteiger partial charge in [-0.2, -0.15) is 4.59 Å². The topological polar surface area (TPSA) is 130 Å². The Morgan fingerprint density at radius 2 is 1.63 bits per heavy atom. The monoisotopic (exact) mass is 616 g/mol. The van der Waals surface area contributed by atoms with Crippen LogP contribution in [0.5, 0.6) is 5.75 Å². The van der Waals surface area contributed by atoms with Gasteiger partial charge in [-0.15, -0.1) is 0 Å². The summed E-state index contributed by atoms with van der Waals surface area (Å²) >= 11 is 1.59. The summed E-state index contributed by atoms with van der Waals surface area (Å²) in [5.74, 6) is 0.857. The second-order valence-corrected chi connectivity index (χ2v) is 13.8. The molecule has 238 valence electrons. The highest BCUT2D eigenvalue weighted by Crippen LogP contribution is 2.46. The SMILES string of the molecule is CCOc1ccc2nc(NC(C)(C)C3Cc4ccccc4C3NC(C)(C)[N+](C(C)O)(C(C)O)N(C(C)O)C(C)O)sc2c1. The number of nitrogens with zero attached hydrogens (tertiary/aromatic N) is 3. The van der Waals surface area contributed by atoms with Gasteiger partial charge in [-0.25, -0.2) is 4.98 Å². The first-order valence-electron chi connectivity index (χ1n) is 15.1. The lowest BCUT2D eigenvalue weighted by Crippen LogP contribution is -2.83. The highest BCUT2D eigenvalue weighted by atomic mass is 32.1. The van der Waals surface area contributed by atoms with E-state index in [1.54, 1.807) is 25.2 Å². The van der Waals surface area contributed by atoms with E-state index in [0.29, 0.717) is 6.61 Å². The molecule has 0 radical (unpaired) electrons. The van der Waals surface area contributed by atoms with Gasteiger partial charge >= 0.3 is 0 Å². The first-order chi connectivity index (χ1) is 20.1. The van der Waals surface area contributed by atoms with E-state index in [9.17, 15) is 20.4 Å². The van der Waals surface area contributed by atoms with Crippen molar-refractivity contribution in [2.75, 3.05) is 11.9 Å². The molecular formula is C32H50N5O5S+. The molecule has 6 N–H and O–H groups in total. The first-order valence-corrected chi connectivity index (χ1v) is 15.9. The predicted octanol–water partition coefficient (Wildman–Crippen LogP) is 4.51. The van der Waals surface area contributed by atoms with Gasteiger partial charge in [-0.05, 0) is 70.4 Å². The maximum absolute atomic E-state index is 11.3. The molecule has 0 spiro atoms. The smallest absolute Gasteiger partial charge is 0.209 e. The van der Waals surface area contributed by atoms with Gasteiger partial charge < -0.3 is 30.5 Å². The van der Waals surface area contributed by atoms with E-state index in [1.807, 2.05) is 51.1 Å². The average molecular weight is 617 g/mol. The summed E-state index contributed by atoms with van der Waals surface area (Å²) in [6.07, 6.45) is -3.91. The van der Waals surface area contributed by atoms with Crippen LogP contribution in [0.2, 0.25) is 0 Å². The lowest BCUT2D eigenvalue weighted by molar-refractivity contribution is -1.15. The van der Waals surface area contributed by atoms with Crippen molar-refractivity contribution in [3.63, 3.8) is 0 Å². The molecule has 0 saturated heterocycles. The van der Waals surface area contributed by atoms with Gasteiger partial charge in [-0.1, -0.05) is 40.6 Å². The number of hydrogen-bond donors (Lipinski definition) is 6. The minimum Gasteiger partial charge on any atom is -0.494 e. The molecule has 1 aliphatic rings. The fourth-order valence-electron chi connectivity index (χ4n) is 7.30. The number of rotatable bonds is 13. The summed E-state index contributed by atoms with van der Waals surface area (Å²) in [5.41, 5.74) is 1.75. The lowest BCUT2D eigenvalue weighted by atomic mass is 9.81. The summed E-state index contributed by atoms with van der Waals surface area (Å²) in [4.78, 5) is 4.87. The summed E-state index contributed by atoms with van der Waals surface area (Å²) < 4.78 is 6.20. The number of fused-ring (bicyclic) bond motifs is 2. The highest BCUT2D eigenvalue weighted by molar-refractivity contribution is 7.22. The Hall–Kier alpha value is -2.35.